The van der Waals surface area contributed by atoms with Crippen molar-refractivity contribution < 1.29 is 14.6 Å². The zero-order valence-electron chi connectivity index (χ0n) is 10.9. The number of hydrogen-bond acceptors (Lipinski definition) is 4. The first-order chi connectivity index (χ1) is 8.37. The Hall–Kier alpha value is -1.07. The smallest absolute Gasteiger partial charge is 0.410 e. The van der Waals surface area contributed by atoms with Gasteiger partial charge in [0.1, 0.15) is 5.60 Å². The van der Waals surface area contributed by atoms with Gasteiger partial charge in [-0.3, -0.25) is 0 Å². The van der Waals surface area contributed by atoms with E-state index in [1.54, 1.807) is 16.2 Å². The van der Waals surface area contributed by atoms with Gasteiger partial charge in [0, 0.05) is 17.3 Å². The topological polar surface area (TPSA) is 49.8 Å². The predicted molar refractivity (Wildman–Crippen MR) is 70.9 cm³/mol. The summed E-state index contributed by atoms with van der Waals surface area (Å²) in [5.41, 5.74) is -0.497. The van der Waals surface area contributed by atoms with Gasteiger partial charge in [0.15, 0.2) is 0 Å². The van der Waals surface area contributed by atoms with Crippen LogP contribution in [0.5, 0.6) is 0 Å². The molecule has 1 aromatic heterocycles. The molecule has 2 heterocycles. The molecule has 0 spiro atoms. The van der Waals surface area contributed by atoms with E-state index in [-0.39, 0.29) is 12.0 Å². The van der Waals surface area contributed by atoms with E-state index < -0.39 is 11.7 Å². The molecule has 1 fully saturated rings. The second-order valence-electron chi connectivity index (χ2n) is 5.57. The molecule has 2 unspecified atom stereocenters. The molecule has 0 aliphatic carbocycles. The molecule has 1 amide bonds. The molecule has 0 bridgehead atoms. The van der Waals surface area contributed by atoms with Gasteiger partial charge in [0.25, 0.3) is 0 Å². The first-order valence-corrected chi connectivity index (χ1v) is 6.94. The third-order valence-electron chi connectivity index (χ3n) is 2.85. The van der Waals surface area contributed by atoms with Crippen LogP contribution < -0.4 is 0 Å². The molecule has 1 saturated heterocycles. The van der Waals surface area contributed by atoms with Gasteiger partial charge >= 0.3 is 6.09 Å². The van der Waals surface area contributed by atoms with Crippen molar-refractivity contribution in [3.8, 4) is 0 Å². The van der Waals surface area contributed by atoms with E-state index in [2.05, 4.69) is 0 Å². The summed E-state index contributed by atoms with van der Waals surface area (Å²) in [6.45, 7) is 6.39. The van der Waals surface area contributed by atoms with Gasteiger partial charge in [-0.05, 0) is 32.2 Å². The van der Waals surface area contributed by atoms with Crippen molar-refractivity contribution in [2.24, 2.45) is 0 Å². The molecule has 2 atom stereocenters. The minimum absolute atomic E-state index is 0.0116. The molecule has 5 heteroatoms. The van der Waals surface area contributed by atoms with Crippen LogP contribution in [0.4, 0.5) is 4.79 Å². The van der Waals surface area contributed by atoms with E-state index in [9.17, 15) is 9.90 Å². The fourth-order valence-electron chi connectivity index (χ4n) is 2.04. The number of β-amino-alcohol motifs (C(OH)–C–C–N with tert-alkyl or cyclic N) is 1. The van der Waals surface area contributed by atoms with Crippen LogP contribution in [0.1, 0.15) is 31.6 Å². The number of likely N-dealkylation sites (tertiary alicyclic amines) is 1. The summed E-state index contributed by atoms with van der Waals surface area (Å²) in [5, 5.41) is 12.0. The molecule has 4 nitrogen and oxygen atoms in total. The zero-order valence-corrected chi connectivity index (χ0v) is 11.7. The number of hydrogen-bond donors (Lipinski definition) is 1. The molecule has 100 valence electrons. The van der Waals surface area contributed by atoms with Gasteiger partial charge in [0.05, 0.1) is 12.6 Å². The fourth-order valence-corrected chi connectivity index (χ4v) is 2.92. The second-order valence-corrected chi connectivity index (χ2v) is 6.55. The number of aliphatic hydroxyl groups excluding tert-OH is 1. The highest BCUT2D eigenvalue weighted by Crippen LogP contribution is 2.31. The molecular formula is C13H19NO3S. The molecule has 1 aliphatic rings. The Morgan fingerprint density at radius 2 is 2.22 bits per heavy atom. The van der Waals surface area contributed by atoms with E-state index in [1.807, 2.05) is 38.3 Å². The number of carbonyl (C=O) groups excluding carboxylic acids is 1. The molecule has 0 saturated carbocycles. The number of ether oxygens (including phenoxy) is 1. The van der Waals surface area contributed by atoms with Crippen LogP contribution in [0.15, 0.2) is 17.5 Å². The lowest BCUT2D eigenvalue weighted by atomic mass is 10.1. The van der Waals surface area contributed by atoms with Gasteiger partial charge in [-0.25, -0.2) is 4.79 Å². The number of aliphatic hydroxyl groups is 1. The zero-order chi connectivity index (χ0) is 13.3. The SMILES string of the molecule is CC(C)(C)OC(=O)N1CC(O)C(c2cccs2)C1. The highest BCUT2D eigenvalue weighted by atomic mass is 32.1. The molecule has 2 rings (SSSR count). The van der Waals surface area contributed by atoms with Crippen LogP contribution in [0.3, 0.4) is 0 Å². The number of carbonyl (C=O) groups is 1. The minimum atomic E-state index is -0.504. The van der Waals surface area contributed by atoms with Gasteiger partial charge in [-0.1, -0.05) is 6.07 Å². The lowest BCUT2D eigenvalue weighted by Crippen LogP contribution is -2.35. The number of rotatable bonds is 1. The van der Waals surface area contributed by atoms with Crippen LogP contribution in [-0.2, 0) is 4.74 Å². The highest BCUT2D eigenvalue weighted by molar-refractivity contribution is 7.10. The molecule has 1 aromatic rings. The number of amides is 1. The van der Waals surface area contributed by atoms with Crippen LogP contribution in [0.25, 0.3) is 0 Å². The minimum Gasteiger partial charge on any atom is -0.444 e. The summed E-state index contributed by atoms with van der Waals surface area (Å²) in [5.74, 6) is 0.0116. The highest BCUT2D eigenvalue weighted by Gasteiger charge is 2.37. The summed E-state index contributed by atoms with van der Waals surface area (Å²) in [4.78, 5) is 14.6. The van der Waals surface area contributed by atoms with Crippen molar-refractivity contribution >= 4 is 17.4 Å². The molecule has 18 heavy (non-hydrogen) atoms. The van der Waals surface area contributed by atoms with Crippen LogP contribution in [0, 0.1) is 0 Å². The van der Waals surface area contributed by atoms with E-state index in [1.165, 1.54) is 0 Å². The summed E-state index contributed by atoms with van der Waals surface area (Å²) in [6.07, 6.45) is -0.850. The monoisotopic (exact) mass is 269 g/mol. The Labute approximate surface area is 111 Å². The van der Waals surface area contributed by atoms with E-state index >= 15 is 0 Å². The van der Waals surface area contributed by atoms with E-state index in [0.29, 0.717) is 13.1 Å². The van der Waals surface area contributed by atoms with Crippen molar-refractivity contribution in [2.75, 3.05) is 13.1 Å². The second kappa shape index (κ2) is 4.90. The maximum absolute atomic E-state index is 11.9. The standard InChI is InChI=1S/C13H19NO3S/c1-13(2,3)17-12(16)14-7-9(10(15)8-14)11-5-4-6-18-11/h4-6,9-10,15H,7-8H2,1-3H3. The fraction of sp³-hybridized carbons (Fsp3) is 0.615. The maximum atomic E-state index is 11.9. The maximum Gasteiger partial charge on any atom is 0.410 e. The van der Waals surface area contributed by atoms with Crippen molar-refractivity contribution in [1.29, 1.82) is 0 Å². The number of thiophene rings is 1. The average molecular weight is 269 g/mol. The van der Waals surface area contributed by atoms with E-state index in [0.717, 1.165) is 4.88 Å². The van der Waals surface area contributed by atoms with Crippen molar-refractivity contribution in [2.45, 2.75) is 38.4 Å². The van der Waals surface area contributed by atoms with Crippen molar-refractivity contribution in [3.05, 3.63) is 22.4 Å². The van der Waals surface area contributed by atoms with Gasteiger partial charge in [-0.2, -0.15) is 0 Å². The van der Waals surface area contributed by atoms with Crippen LogP contribution >= 0.6 is 11.3 Å². The third-order valence-corrected chi connectivity index (χ3v) is 3.85. The average Bonchev–Trinajstić information content (AvgIpc) is 2.82. The van der Waals surface area contributed by atoms with Crippen molar-refractivity contribution in [1.82, 2.24) is 4.90 Å². The van der Waals surface area contributed by atoms with Gasteiger partial charge < -0.3 is 14.7 Å². The lowest BCUT2D eigenvalue weighted by Gasteiger charge is -2.24. The largest absolute Gasteiger partial charge is 0.444 e. The lowest BCUT2D eigenvalue weighted by molar-refractivity contribution is 0.0270. The Kier molecular flexibility index (Phi) is 3.64. The summed E-state index contributed by atoms with van der Waals surface area (Å²) in [6, 6.07) is 3.96. The number of nitrogens with zero attached hydrogens (tertiary/aromatic N) is 1. The third kappa shape index (κ3) is 3.03. The predicted octanol–water partition coefficient (Wildman–Crippen LogP) is 2.44. The Morgan fingerprint density at radius 1 is 1.50 bits per heavy atom. The molecule has 0 aromatic carbocycles. The van der Waals surface area contributed by atoms with Crippen LogP contribution in [-0.4, -0.2) is 40.9 Å². The normalized spacial score (nSPS) is 24.3. The van der Waals surface area contributed by atoms with Crippen molar-refractivity contribution in [3.63, 3.8) is 0 Å². The van der Waals surface area contributed by atoms with E-state index in [4.69, 9.17) is 4.74 Å². The van der Waals surface area contributed by atoms with Crippen LogP contribution in [0.2, 0.25) is 0 Å². The first-order valence-electron chi connectivity index (χ1n) is 6.06. The summed E-state index contributed by atoms with van der Waals surface area (Å²) < 4.78 is 5.31. The molecule has 1 N–H and O–H groups in total. The Balaban J connectivity index is 2.00. The Bertz CT molecular complexity index is 410. The van der Waals surface area contributed by atoms with Gasteiger partial charge in [-0.15, -0.1) is 11.3 Å². The summed E-state index contributed by atoms with van der Waals surface area (Å²) >= 11 is 1.61. The van der Waals surface area contributed by atoms with Gasteiger partial charge in [0.2, 0.25) is 0 Å². The molecular weight excluding hydrogens is 250 g/mol. The molecule has 1 aliphatic heterocycles. The Morgan fingerprint density at radius 3 is 2.78 bits per heavy atom. The molecule has 0 radical (unpaired) electrons. The quantitative estimate of drug-likeness (QED) is 0.852. The first kappa shape index (κ1) is 13.4. The summed E-state index contributed by atoms with van der Waals surface area (Å²) in [7, 11) is 0.